The average molecular weight is 252 g/mol. The first-order chi connectivity index (χ1) is 8.88. The van der Waals surface area contributed by atoms with Gasteiger partial charge in [-0.2, -0.15) is 4.98 Å². The number of hydrogen-bond acceptors (Lipinski definition) is 8. The van der Waals surface area contributed by atoms with Crippen LogP contribution in [0.15, 0.2) is 15.3 Å². The average Bonchev–Trinajstić information content (AvgIpc) is 3.01. The molecule has 0 saturated heterocycles. The quantitative estimate of drug-likeness (QED) is 0.659. The molecule has 2 aromatic heterocycles. The van der Waals surface area contributed by atoms with Crippen LogP contribution in [0.2, 0.25) is 0 Å². The fraction of sp³-hybridized carbons (Fsp3) is 0.600. The Kier molecular flexibility index (Phi) is 4.65. The van der Waals surface area contributed by atoms with E-state index < -0.39 is 0 Å². The minimum absolute atomic E-state index is 0.405. The number of anilines is 1. The van der Waals surface area contributed by atoms with Crippen molar-refractivity contribution in [3.63, 3.8) is 0 Å². The van der Waals surface area contributed by atoms with Crippen LogP contribution in [0, 0.1) is 0 Å². The Morgan fingerprint density at radius 1 is 1.22 bits per heavy atom. The van der Waals surface area contributed by atoms with Gasteiger partial charge in [-0.1, -0.05) is 17.2 Å². The van der Waals surface area contributed by atoms with Crippen LogP contribution >= 0.6 is 0 Å². The van der Waals surface area contributed by atoms with Crippen LogP contribution in [-0.4, -0.2) is 33.4 Å². The van der Waals surface area contributed by atoms with Gasteiger partial charge < -0.3 is 19.6 Å². The van der Waals surface area contributed by atoms with Gasteiger partial charge in [0.15, 0.2) is 6.33 Å². The first kappa shape index (κ1) is 12.5. The van der Waals surface area contributed by atoms with Crippen molar-refractivity contribution < 1.29 is 8.94 Å². The number of nitrogens with one attached hydrogen (secondary N) is 2. The van der Waals surface area contributed by atoms with Gasteiger partial charge in [-0.05, 0) is 13.0 Å². The second-order valence-electron chi connectivity index (χ2n) is 3.69. The number of nitrogens with zero attached hydrogens (tertiary/aromatic N) is 4. The summed E-state index contributed by atoms with van der Waals surface area (Å²) in [5.74, 6) is 1.15. The highest BCUT2D eigenvalue weighted by Gasteiger charge is 2.05. The van der Waals surface area contributed by atoms with Crippen molar-refractivity contribution >= 4 is 6.01 Å². The van der Waals surface area contributed by atoms with E-state index in [9.17, 15) is 0 Å². The van der Waals surface area contributed by atoms with Crippen LogP contribution in [0.1, 0.15) is 25.1 Å². The zero-order chi connectivity index (χ0) is 12.6. The molecule has 8 nitrogen and oxygen atoms in total. The molecule has 0 aliphatic rings. The van der Waals surface area contributed by atoms with Gasteiger partial charge in [-0.25, -0.2) is 0 Å². The highest BCUT2D eigenvalue weighted by molar-refractivity contribution is 5.16. The van der Waals surface area contributed by atoms with E-state index in [-0.39, 0.29) is 0 Å². The fourth-order valence-corrected chi connectivity index (χ4v) is 1.35. The molecule has 0 radical (unpaired) electrons. The smallest absolute Gasteiger partial charge is 0.315 e. The van der Waals surface area contributed by atoms with E-state index in [0.29, 0.717) is 37.3 Å². The van der Waals surface area contributed by atoms with Crippen molar-refractivity contribution in [3.05, 3.63) is 18.1 Å². The standard InChI is InChI=1S/C10H16N6O2/c1-2-4-11-6-9-15-16-10(17-9)12-5-3-8-13-7-14-18-8/h7,11H,2-6H2,1H3,(H,12,16). The van der Waals surface area contributed by atoms with Crippen LogP contribution in [-0.2, 0) is 13.0 Å². The van der Waals surface area contributed by atoms with Crippen molar-refractivity contribution in [2.24, 2.45) is 0 Å². The minimum atomic E-state index is 0.405. The molecule has 18 heavy (non-hydrogen) atoms. The van der Waals surface area contributed by atoms with Crippen LogP contribution in [0.25, 0.3) is 0 Å². The van der Waals surface area contributed by atoms with Gasteiger partial charge in [0.1, 0.15) is 0 Å². The van der Waals surface area contributed by atoms with Gasteiger partial charge in [0.25, 0.3) is 0 Å². The Bertz CT molecular complexity index is 441. The number of aromatic nitrogens is 4. The van der Waals surface area contributed by atoms with Crippen molar-refractivity contribution in [3.8, 4) is 0 Å². The van der Waals surface area contributed by atoms with E-state index in [1.807, 2.05) is 0 Å². The summed E-state index contributed by atoms with van der Waals surface area (Å²) in [6.07, 6.45) is 3.06. The van der Waals surface area contributed by atoms with Gasteiger partial charge in [-0.15, -0.1) is 5.10 Å². The Morgan fingerprint density at radius 3 is 2.94 bits per heavy atom. The summed E-state index contributed by atoms with van der Waals surface area (Å²) in [7, 11) is 0. The second-order valence-corrected chi connectivity index (χ2v) is 3.69. The van der Waals surface area contributed by atoms with Crippen LogP contribution in [0.3, 0.4) is 0 Å². The monoisotopic (exact) mass is 252 g/mol. The molecule has 0 bridgehead atoms. The third kappa shape index (κ3) is 3.81. The van der Waals surface area contributed by atoms with Crippen LogP contribution < -0.4 is 10.6 Å². The van der Waals surface area contributed by atoms with E-state index in [1.54, 1.807) is 0 Å². The summed E-state index contributed by atoms with van der Waals surface area (Å²) in [6, 6.07) is 0.405. The molecular weight excluding hydrogens is 236 g/mol. The summed E-state index contributed by atoms with van der Waals surface area (Å²) < 4.78 is 10.3. The first-order valence-corrected chi connectivity index (χ1v) is 5.91. The predicted octanol–water partition coefficient (Wildman–Crippen LogP) is 0.607. The van der Waals surface area contributed by atoms with E-state index in [2.05, 4.69) is 37.9 Å². The van der Waals surface area contributed by atoms with Crippen molar-refractivity contribution in [2.45, 2.75) is 26.3 Å². The summed E-state index contributed by atoms with van der Waals surface area (Å²) in [4.78, 5) is 3.91. The summed E-state index contributed by atoms with van der Waals surface area (Å²) in [5, 5.41) is 17.5. The highest BCUT2D eigenvalue weighted by Crippen LogP contribution is 2.05. The van der Waals surface area contributed by atoms with E-state index in [4.69, 9.17) is 8.94 Å². The summed E-state index contributed by atoms with van der Waals surface area (Å²) in [6.45, 7) is 4.23. The molecule has 0 amide bonds. The Balaban J connectivity index is 1.69. The van der Waals surface area contributed by atoms with Gasteiger partial charge in [-0.3, -0.25) is 0 Å². The Labute approximate surface area is 104 Å². The molecule has 2 rings (SSSR count). The first-order valence-electron chi connectivity index (χ1n) is 5.91. The van der Waals surface area contributed by atoms with Crippen LogP contribution in [0.4, 0.5) is 6.01 Å². The topological polar surface area (TPSA) is 102 Å². The van der Waals surface area contributed by atoms with Gasteiger partial charge >= 0.3 is 6.01 Å². The molecule has 0 saturated carbocycles. The number of rotatable bonds is 8. The Hall–Kier alpha value is -1.96. The fourth-order valence-electron chi connectivity index (χ4n) is 1.35. The largest absolute Gasteiger partial charge is 0.407 e. The molecule has 0 aliphatic carbocycles. The normalized spacial score (nSPS) is 10.7. The predicted molar refractivity (Wildman–Crippen MR) is 62.8 cm³/mol. The molecule has 0 fully saturated rings. The molecule has 0 spiro atoms. The van der Waals surface area contributed by atoms with E-state index in [0.717, 1.165) is 13.0 Å². The molecule has 2 aromatic rings. The molecule has 98 valence electrons. The summed E-state index contributed by atoms with van der Waals surface area (Å²) in [5.41, 5.74) is 0. The minimum Gasteiger partial charge on any atom is -0.407 e. The molecule has 0 aliphatic heterocycles. The van der Waals surface area contributed by atoms with Gasteiger partial charge in [0, 0.05) is 13.0 Å². The third-order valence-corrected chi connectivity index (χ3v) is 2.19. The zero-order valence-electron chi connectivity index (χ0n) is 10.2. The van der Waals surface area contributed by atoms with Crippen molar-refractivity contribution in [1.29, 1.82) is 0 Å². The molecule has 8 heteroatoms. The third-order valence-electron chi connectivity index (χ3n) is 2.19. The van der Waals surface area contributed by atoms with Crippen molar-refractivity contribution in [2.75, 3.05) is 18.4 Å². The Morgan fingerprint density at radius 2 is 2.17 bits per heavy atom. The summed E-state index contributed by atoms with van der Waals surface area (Å²) >= 11 is 0. The lowest BCUT2D eigenvalue weighted by molar-refractivity contribution is 0.379. The lowest BCUT2D eigenvalue weighted by Crippen LogP contribution is -2.13. The van der Waals surface area contributed by atoms with Gasteiger partial charge in [0.05, 0.1) is 6.54 Å². The zero-order valence-corrected chi connectivity index (χ0v) is 10.2. The second kappa shape index (κ2) is 6.70. The molecule has 2 N–H and O–H groups in total. The maximum absolute atomic E-state index is 5.39. The highest BCUT2D eigenvalue weighted by atomic mass is 16.5. The van der Waals surface area contributed by atoms with Gasteiger partial charge in [0.2, 0.25) is 11.8 Å². The molecule has 0 aromatic carbocycles. The van der Waals surface area contributed by atoms with E-state index >= 15 is 0 Å². The lowest BCUT2D eigenvalue weighted by atomic mass is 10.4. The molecule has 2 heterocycles. The molecule has 0 unspecified atom stereocenters. The number of hydrogen-bond donors (Lipinski definition) is 2. The van der Waals surface area contributed by atoms with Crippen LogP contribution in [0.5, 0.6) is 0 Å². The lowest BCUT2D eigenvalue weighted by Gasteiger charge is -1.98. The van der Waals surface area contributed by atoms with Crippen molar-refractivity contribution in [1.82, 2.24) is 25.7 Å². The molecule has 0 atom stereocenters. The SMILES string of the molecule is CCCNCc1nnc(NCCc2ncno2)o1. The maximum Gasteiger partial charge on any atom is 0.315 e. The maximum atomic E-state index is 5.39. The molecular formula is C10H16N6O2. The van der Waals surface area contributed by atoms with E-state index in [1.165, 1.54) is 6.33 Å².